The number of carbonyl (C=O) groups is 1. The van der Waals surface area contributed by atoms with Crippen molar-refractivity contribution >= 4 is 15.9 Å². The lowest BCUT2D eigenvalue weighted by Crippen LogP contribution is -2.36. The second-order valence-corrected chi connectivity index (χ2v) is 5.82. The molecule has 0 fully saturated rings. The molecule has 0 aliphatic heterocycles. The van der Waals surface area contributed by atoms with E-state index in [9.17, 15) is 13.2 Å². The number of amides is 1. The van der Waals surface area contributed by atoms with Crippen molar-refractivity contribution in [2.24, 2.45) is 10.9 Å². The molecule has 0 aliphatic rings. The normalized spacial score (nSPS) is 11.2. The summed E-state index contributed by atoms with van der Waals surface area (Å²) in [5.41, 5.74) is 6.09. The van der Waals surface area contributed by atoms with Crippen molar-refractivity contribution in [2.75, 3.05) is 0 Å². The predicted molar refractivity (Wildman–Crippen MR) is 72.1 cm³/mol. The standard InChI is InChI=1S/C13H13N3O3S/c14-13(17)11-9-16(7-6-12(11)20(15,18)19)8-10-4-2-1-3-5-10/h1-7,9H,8H2,(H3-,14,15,17,18,19)/p+1. The van der Waals surface area contributed by atoms with E-state index >= 15 is 0 Å². The van der Waals surface area contributed by atoms with E-state index in [0.717, 1.165) is 5.56 Å². The first-order valence-corrected chi connectivity index (χ1v) is 7.32. The van der Waals surface area contributed by atoms with Gasteiger partial charge in [-0.25, -0.2) is 13.6 Å². The Labute approximate surface area is 116 Å². The fraction of sp³-hybridized carbons (Fsp3) is 0.0769. The largest absolute Gasteiger partial charge is 0.365 e. The van der Waals surface area contributed by atoms with Crippen LogP contribution >= 0.6 is 0 Å². The zero-order valence-electron chi connectivity index (χ0n) is 10.6. The van der Waals surface area contributed by atoms with Crippen molar-refractivity contribution in [3.8, 4) is 0 Å². The van der Waals surface area contributed by atoms with Crippen molar-refractivity contribution in [2.45, 2.75) is 11.4 Å². The lowest BCUT2D eigenvalue weighted by molar-refractivity contribution is -0.688. The first-order chi connectivity index (χ1) is 9.38. The van der Waals surface area contributed by atoms with Crippen LogP contribution in [0.5, 0.6) is 0 Å². The molecule has 7 heteroatoms. The summed E-state index contributed by atoms with van der Waals surface area (Å²) in [7, 11) is -3.98. The van der Waals surface area contributed by atoms with Crippen LogP contribution in [0.15, 0.2) is 53.7 Å². The van der Waals surface area contributed by atoms with Crippen LogP contribution in [0.4, 0.5) is 0 Å². The molecule has 1 aromatic heterocycles. The molecule has 2 aromatic rings. The molecule has 0 atom stereocenters. The molecular weight excluding hydrogens is 278 g/mol. The number of carbonyl (C=O) groups excluding carboxylic acids is 1. The second kappa shape index (κ2) is 5.40. The minimum Gasteiger partial charge on any atom is -0.365 e. The van der Waals surface area contributed by atoms with Crippen molar-refractivity contribution in [3.63, 3.8) is 0 Å². The Kier molecular flexibility index (Phi) is 3.82. The van der Waals surface area contributed by atoms with Crippen LogP contribution < -0.4 is 15.4 Å². The van der Waals surface area contributed by atoms with Gasteiger partial charge in [-0.2, -0.15) is 4.57 Å². The predicted octanol–water partition coefficient (Wildman–Crippen LogP) is -0.231. The third-order valence-electron chi connectivity index (χ3n) is 2.76. The molecule has 0 bridgehead atoms. The molecule has 1 aromatic carbocycles. The Morgan fingerprint density at radius 2 is 1.80 bits per heavy atom. The van der Waals surface area contributed by atoms with Gasteiger partial charge in [-0.15, -0.1) is 0 Å². The van der Waals surface area contributed by atoms with E-state index in [-0.39, 0.29) is 10.5 Å². The number of nitrogens with two attached hydrogens (primary N) is 2. The third kappa shape index (κ3) is 3.19. The number of sulfonamides is 1. The Bertz CT molecular complexity index is 743. The van der Waals surface area contributed by atoms with Gasteiger partial charge >= 0.3 is 0 Å². The highest BCUT2D eigenvalue weighted by atomic mass is 32.2. The Morgan fingerprint density at radius 1 is 1.15 bits per heavy atom. The van der Waals surface area contributed by atoms with Gasteiger partial charge < -0.3 is 5.73 Å². The van der Waals surface area contributed by atoms with Crippen LogP contribution in [0, 0.1) is 0 Å². The smallest absolute Gasteiger partial charge is 0.256 e. The topological polar surface area (TPSA) is 107 Å². The molecule has 6 nitrogen and oxygen atoms in total. The summed E-state index contributed by atoms with van der Waals surface area (Å²) in [6.07, 6.45) is 2.92. The summed E-state index contributed by atoms with van der Waals surface area (Å²) in [4.78, 5) is 11.1. The fourth-order valence-electron chi connectivity index (χ4n) is 1.85. The van der Waals surface area contributed by atoms with Gasteiger partial charge in [0.2, 0.25) is 10.0 Å². The number of hydrogen-bond acceptors (Lipinski definition) is 3. The quantitative estimate of drug-likeness (QED) is 0.760. The number of hydrogen-bond donors (Lipinski definition) is 2. The van der Waals surface area contributed by atoms with E-state index in [0.29, 0.717) is 6.54 Å². The number of aromatic nitrogens is 1. The molecule has 0 spiro atoms. The van der Waals surface area contributed by atoms with Crippen LogP contribution in [0.1, 0.15) is 15.9 Å². The average Bonchev–Trinajstić information content (AvgIpc) is 2.38. The van der Waals surface area contributed by atoms with Crippen LogP contribution in [0.3, 0.4) is 0 Å². The van der Waals surface area contributed by atoms with Crippen LogP contribution in [-0.2, 0) is 16.6 Å². The van der Waals surface area contributed by atoms with Crippen molar-refractivity contribution in [1.82, 2.24) is 0 Å². The molecule has 20 heavy (non-hydrogen) atoms. The first-order valence-electron chi connectivity index (χ1n) is 5.77. The number of pyridine rings is 1. The van der Waals surface area contributed by atoms with E-state index < -0.39 is 15.9 Å². The summed E-state index contributed by atoms with van der Waals surface area (Å²) < 4.78 is 24.4. The lowest BCUT2D eigenvalue weighted by atomic mass is 10.2. The maximum atomic E-state index is 11.4. The summed E-state index contributed by atoms with van der Waals surface area (Å²) in [6.45, 7) is 0.492. The SMILES string of the molecule is NC(=O)c1c[n+](Cc2ccccc2)ccc1S(N)(=O)=O. The molecule has 2 rings (SSSR count). The maximum Gasteiger partial charge on any atom is 0.256 e. The monoisotopic (exact) mass is 292 g/mol. The van der Waals surface area contributed by atoms with Gasteiger partial charge in [-0.05, 0) is 0 Å². The van der Waals surface area contributed by atoms with Gasteiger partial charge in [-0.1, -0.05) is 30.3 Å². The van der Waals surface area contributed by atoms with Gasteiger partial charge in [0.1, 0.15) is 10.5 Å². The van der Waals surface area contributed by atoms with Gasteiger partial charge in [0.15, 0.2) is 18.9 Å². The molecular formula is C13H14N3O3S+. The number of nitrogens with zero attached hydrogens (tertiary/aromatic N) is 1. The zero-order chi connectivity index (χ0) is 14.8. The molecule has 0 saturated carbocycles. The highest BCUT2D eigenvalue weighted by Gasteiger charge is 2.21. The van der Waals surface area contributed by atoms with Gasteiger partial charge in [0, 0.05) is 11.6 Å². The fourth-order valence-corrected chi connectivity index (χ4v) is 2.56. The molecule has 0 radical (unpaired) electrons. The highest BCUT2D eigenvalue weighted by Crippen LogP contribution is 2.11. The molecule has 1 amide bonds. The lowest BCUT2D eigenvalue weighted by Gasteiger charge is -2.04. The van der Waals surface area contributed by atoms with E-state index in [4.69, 9.17) is 10.9 Å². The zero-order valence-corrected chi connectivity index (χ0v) is 11.4. The maximum absolute atomic E-state index is 11.4. The van der Waals surface area contributed by atoms with Crippen molar-refractivity contribution in [1.29, 1.82) is 0 Å². The number of primary sulfonamides is 1. The highest BCUT2D eigenvalue weighted by molar-refractivity contribution is 7.89. The summed E-state index contributed by atoms with van der Waals surface area (Å²) in [5, 5.41) is 5.05. The number of benzene rings is 1. The molecule has 1 heterocycles. The number of primary amides is 1. The van der Waals surface area contributed by atoms with Crippen LogP contribution in [-0.4, -0.2) is 14.3 Å². The van der Waals surface area contributed by atoms with Gasteiger partial charge in [-0.3, -0.25) is 4.79 Å². The second-order valence-electron chi connectivity index (χ2n) is 4.29. The van der Waals surface area contributed by atoms with Gasteiger partial charge in [0.25, 0.3) is 5.91 Å². The summed E-state index contributed by atoms with van der Waals surface area (Å²) in [5.74, 6) is -0.837. The van der Waals surface area contributed by atoms with Crippen LogP contribution in [0.2, 0.25) is 0 Å². The van der Waals surface area contributed by atoms with Crippen molar-refractivity contribution in [3.05, 3.63) is 59.9 Å². The van der Waals surface area contributed by atoms with E-state index in [1.165, 1.54) is 12.3 Å². The summed E-state index contributed by atoms with van der Waals surface area (Å²) in [6, 6.07) is 10.8. The molecule has 0 unspecified atom stereocenters. The van der Waals surface area contributed by atoms with E-state index in [1.54, 1.807) is 10.8 Å². The Balaban J connectivity index is 2.44. The Hall–Kier alpha value is -2.25. The van der Waals surface area contributed by atoms with Crippen molar-refractivity contribution < 1.29 is 17.8 Å². The molecule has 0 saturated heterocycles. The van der Waals surface area contributed by atoms with Crippen LogP contribution in [0.25, 0.3) is 0 Å². The third-order valence-corrected chi connectivity index (χ3v) is 3.73. The van der Waals surface area contributed by atoms with Gasteiger partial charge in [0.05, 0.1) is 0 Å². The summed E-state index contributed by atoms with van der Waals surface area (Å²) >= 11 is 0. The minimum atomic E-state index is -3.98. The molecule has 0 aliphatic carbocycles. The Morgan fingerprint density at radius 3 is 2.35 bits per heavy atom. The molecule has 104 valence electrons. The molecule has 4 N–H and O–H groups in total. The van der Waals surface area contributed by atoms with E-state index in [1.807, 2.05) is 30.3 Å². The first kappa shape index (κ1) is 14.2. The number of rotatable bonds is 4. The average molecular weight is 292 g/mol. The minimum absolute atomic E-state index is 0.120. The van der Waals surface area contributed by atoms with E-state index in [2.05, 4.69) is 0 Å².